The highest BCUT2D eigenvalue weighted by atomic mass is 35.5. The van der Waals surface area contributed by atoms with Gasteiger partial charge in [0, 0.05) is 31.3 Å². The lowest BCUT2D eigenvalue weighted by Gasteiger charge is -2.20. The Balaban J connectivity index is 1.61. The molecule has 1 N–H and O–H groups in total. The Labute approximate surface area is 152 Å². The van der Waals surface area contributed by atoms with Gasteiger partial charge in [-0.1, -0.05) is 29.8 Å². The highest BCUT2D eigenvalue weighted by Gasteiger charge is 2.30. The lowest BCUT2D eigenvalue weighted by molar-refractivity contribution is 0.0932. The van der Waals surface area contributed by atoms with Gasteiger partial charge in [-0.25, -0.2) is 4.98 Å². The summed E-state index contributed by atoms with van der Waals surface area (Å²) in [5.41, 5.74) is 1.37. The van der Waals surface area contributed by atoms with E-state index in [1.807, 2.05) is 24.3 Å². The number of rotatable bonds is 9. The molecule has 134 valence electrons. The van der Waals surface area contributed by atoms with Gasteiger partial charge in [-0.3, -0.25) is 9.69 Å². The minimum Gasteiger partial charge on any atom is -0.447 e. The van der Waals surface area contributed by atoms with E-state index in [4.69, 9.17) is 20.8 Å². The summed E-state index contributed by atoms with van der Waals surface area (Å²) in [6.45, 7) is 2.20. The molecule has 6 nitrogen and oxygen atoms in total. The number of carbonyl (C=O) groups excluding carboxylic acids is 1. The van der Waals surface area contributed by atoms with Crippen molar-refractivity contribution in [2.24, 2.45) is 0 Å². The van der Waals surface area contributed by atoms with Crippen LogP contribution in [0.4, 0.5) is 0 Å². The number of aromatic nitrogens is 1. The number of oxazole rings is 1. The van der Waals surface area contributed by atoms with Crippen LogP contribution >= 0.6 is 11.6 Å². The van der Waals surface area contributed by atoms with E-state index >= 15 is 0 Å². The molecule has 1 heterocycles. The molecule has 0 unspecified atom stereocenters. The average Bonchev–Trinajstić information content (AvgIpc) is 3.35. The Bertz CT molecular complexity index is 715. The van der Waals surface area contributed by atoms with Gasteiger partial charge in [-0.05, 0) is 24.5 Å². The number of nitrogens with zero attached hydrogens (tertiary/aromatic N) is 2. The number of nitrogens with one attached hydrogen (secondary N) is 1. The molecule has 0 aliphatic heterocycles. The fourth-order valence-electron chi connectivity index (χ4n) is 2.62. The van der Waals surface area contributed by atoms with Gasteiger partial charge in [-0.2, -0.15) is 0 Å². The van der Waals surface area contributed by atoms with Crippen LogP contribution in [0.1, 0.15) is 34.8 Å². The van der Waals surface area contributed by atoms with Crippen LogP contribution in [-0.4, -0.2) is 42.1 Å². The number of benzene rings is 1. The zero-order valence-corrected chi connectivity index (χ0v) is 15.0. The molecule has 0 saturated heterocycles. The first kappa shape index (κ1) is 17.9. The second kappa shape index (κ2) is 8.47. The van der Waals surface area contributed by atoms with Crippen molar-refractivity contribution in [3.63, 3.8) is 0 Å². The zero-order chi connectivity index (χ0) is 17.6. The fraction of sp³-hybridized carbons (Fsp3) is 0.444. The van der Waals surface area contributed by atoms with Crippen molar-refractivity contribution in [1.29, 1.82) is 0 Å². The van der Waals surface area contributed by atoms with E-state index in [9.17, 15) is 4.79 Å². The van der Waals surface area contributed by atoms with Crippen molar-refractivity contribution in [2.75, 3.05) is 20.3 Å². The van der Waals surface area contributed by atoms with Crippen molar-refractivity contribution in [1.82, 2.24) is 15.2 Å². The number of hydrogen-bond donors (Lipinski definition) is 1. The third kappa shape index (κ3) is 5.04. The summed E-state index contributed by atoms with van der Waals surface area (Å²) in [6.07, 6.45) is 3.73. The van der Waals surface area contributed by atoms with Crippen molar-refractivity contribution in [3.05, 3.63) is 52.7 Å². The van der Waals surface area contributed by atoms with Gasteiger partial charge in [0.1, 0.15) is 6.26 Å². The number of hydrogen-bond acceptors (Lipinski definition) is 5. The molecule has 1 saturated carbocycles. The summed E-state index contributed by atoms with van der Waals surface area (Å²) in [5.74, 6) is 0.284. The number of halogens is 1. The first-order valence-corrected chi connectivity index (χ1v) is 8.74. The van der Waals surface area contributed by atoms with Crippen LogP contribution in [-0.2, 0) is 17.8 Å². The average molecular weight is 364 g/mol. The van der Waals surface area contributed by atoms with E-state index in [2.05, 4.69) is 15.2 Å². The highest BCUT2D eigenvalue weighted by Crippen LogP contribution is 2.31. The van der Waals surface area contributed by atoms with Gasteiger partial charge in [0.25, 0.3) is 5.91 Å². The summed E-state index contributed by atoms with van der Waals surface area (Å²) in [7, 11) is 1.59. The van der Waals surface area contributed by atoms with Gasteiger partial charge >= 0.3 is 0 Å². The van der Waals surface area contributed by atoms with Crippen LogP contribution in [0, 0.1) is 0 Å². The van der Waals surface area contributed by atoms with Gasteiger partial charge in [0.05, 0.1) is 13.2 Å². The van der Waals surface area contributed by atoms with Crippen LogP contribution < -0.4 is 5.32 Å². The molecule has 1 aliphatic rings. The molecule has 0 bridgehead atoms. The SMILES string of the molecule is COCCNC(=O)c1coc(CN(Cc2ccccc2Cl)C2CC2)n1. The van der Waals surface area contributed by atoms with Crippen molar-refractivity contribution in [3.8, 4) is 0 Å². The van der Waals surface area contributed by atoms with Gasteiger partial charge in [0.2, 0.25) is 5.89 Å². The third-order valence-electron chi connectivity index (χ3n) is 4.11. The summed E-state index contributed by atoms with van der Waals surface area (Å²) >= 11 is 6.27. The summed E-state index contributed by atoms with van der Waals surface area (Å²) in [5, 5.41) is 3.49. The molecule has 1 aromatic heterocycles. The maximum Gasteiger partial charge on any atom is 0.273 e. The molecule has 1 aromatic carbocycles. The van der Waals surface area contributed by atoms with E-state index in [1.165, 1.54) is 6.26 Å². The topological polar surface area (TPSA) is 67.6 Å². The lowest BCUT2D eigenvalue weighted by Crippen LogP contribution is -2.27. The molecule has 0 spiro atoms. The van der Waals surface area contributed by atoms with Crippen molar-refractivity contribution >= 4 is 17.5 Å². The minimum absolute atomic E-state index is 0.254. The van der Waals surface area contributed by atoms with Crippen LogP contribution in [0.25, 0.3) is 0 Å². The number of amides is 1. The molecule has 3 rings (SSSR count). The summed E-state index contributed by atoms with van der Waals surface area (Å²) < 4.78 is 10.4. The summed E-state index contributed by atoms with van der Waals surface area (Å²) in [4.78, 5) is 18.6. The van der Waals surface area contributed by atoms with Crippen LogP contribution in [0.2, 0.25) is 5.02 Å². The zero-order valence-electron chi connectivity index (χ0n) is 14.2. The van der Waals surface area contributed by atoms with Crippen molar-refractivity contribution in [2.45, 2.75) is 32.0 Å². The quantitative estimate of drug-likeness (QED) is 0.694. The van der Waals surface area contributed by atoms with E-state index in [1.54, 1.807) is 7.11 Å². The van der Waals surface area contributed by atoms with Crippen LogP contribution in [0.5, 0.6) is 0 Å². The molecule has 1 fully saturated rings. The lowest BCUT2D eigenvalue weighted by atomic mass is 10.2. The number of ether oxygens (including phenoxy) is 1. The van der Waals surface area contributed by atoms with Gasteiger partial charge in [0.15, 0.2) is 5.69 Å². The molecular formula is C18H22ClN3O3. The Morgan fingerprint density at radius 2 is 2.20 bits per heavy atom. The van der Waals surface area contributed by atoms with E-state index < -0.39 is 0 Å². The smallest absolute Gasteiger partial charge is 0.273 e. The van der Waals surface area contributed by atoms with Crippen molar-refractivity contribution < 1.29 is 13.9 Å². The Morgan fingerprint density at radius 3 is 2.92 bits per heavy atom. The van der Waals surface area contributed by atoms with E-state index in [0.29, 0.717) is 37.3 Å². The number of methoxy groups -OCH3 is 1. The Kier molecular flexibility index (Phi) is 6.07. The van der Waals surface area contributed by atoms with Gasteiger partial charge < -0.3 is 14.5 Å². The van der Waals surface area contributed by atoms with E-state index in [-0.39, 0.29) is 5.91 Å². The normalized spacial score (nSPS) is 14.0. The maximum atomic E-state index is 12.0. The Hall–Kier alpha value is -1.89. The monoisotopic (exact) mass is 363 g/mol. The predicted molar refractivity (Wildman–Crippen MR) is 94.4 cm³/mol. The van der Waals surface area contributed by atoms with E-state index in [0.717, 1.165) is 30.0 Å². The van der Waals surface area contributed by atoms with Gasteiger partial charge in [-0.15, -0.1) is 0 Å². The largest absolute Gasteiger partial charge is 0.447 e. The molecule has 7 heteroatoms. The molecule has 1 aliphatic carbocycles. The molecule has 25 heavy (non-hydrogen) atoms. The second-order valence-corrected chi connectivity index (χ2v) is 6.51. The molecule has 0 radical (unpaired) electrons. The third-order valence-corrected chi connectivity index (χ3v) is 4.48. The molecule has 2 aromatic rings. The van der Waals surface area contributed by atoms with Crippen LogP contribution in [0.3, 0.4) is 0 Å². The van der Waals surface area contributed by atoms with Crippen LogP contribution in [0.15, 0.2) is 34.9 Å². The first-order valence-electron chi connectivity index (χ1n) is 8.36. The molecular weight excluding hydrogens is 342 g/mol. The standard InChI is InChI=1S/C18H22ClN3O3/c1-24-9-8-20-18(23)16-12-25-17(21-16)11-22(14-6-7-14)10-13-4-2-3-5-15(13)19/h2-5,12,14H,6-11H2,1H3,(H,20,23). The molecule has 0 atom stereocenters. The maximum absolute atomic E-state index is 12.0. The first-order chi connectivity index (χ1) is 12.2. The minimum atomic E-state index is -0.254. The highest BCUT2D eigenvalue weighted by molar-refractivity contribution is 6.31. The Morgan fingerprint density at radius 1 is 1.40 bits per heavy atom. The molecule has 1 amide bonds. The number of carbonyl (C=O) groups is 1. The fourth-order valence-corrected chi connectivity index (χ4v) is 2.81. The second-order valence-electron chi connectivity index (χ2n) is 6.10. The predicted octanol–water partition coefficient (Wildman–Crippen LogP) is 2.87. The summed E-state index contributed by atoms with van der Waals surface area (Å²) in [6, 6.07) is 8.36.